The van der Waals surface area contributed by atoms with Crippen molar-refractivity contribution in [1.29, 1.82) is 0 Å². The minimum atomic E-state index is -0.640. The molecule has 0 aliphatic carbocycles. The predicted molar refractivity (Wildman–Crippen MR) is 80.7 cm³/mol. The maximum absolute atomic E-state index is 12.5. The van der Waals surface area contributed by atoms with Crippen molar-refractivity contribution in [3.8, 4) is 0 Å². The van der Waals surface area contributed by atoms with E-state index in [4.69, 9.17) is 0 Å². The van der Waals surface area contributed by atoms with E-state index < -0.39 is 22.5 Å². The Bertz CT molecular complexity index is 853. The second-order valence-electron chi connectivity index (χ2n) is 5.01. The first-order valence-corrected chi connectivity index (χ1v) is 6.69. The monoisotopic (exact) mass is 310 g/mol. The van der Waals surface area contributed by atoms with Crippen LogP contribution in [0.25, 0.3) is 0 Å². The third-order valence-corrected chi connectivity index (χ3v) is 3.61. The van der Waals surface area contributed by atoms with E-state index in [1.165, 1.54) is 25.1 Å². The number of hydrogen-bond donors (Lipinski definition) is 0. The van der Waals surface area contributed by atoms with Crippen LogP contribution in [0, 0.1) is 10.1 Å². The second kappa shape index (κ2) is 5.13. The molecule has 114 valence electrons. The van der Waals surface area contributed by atoms with E-state index in [1.54, 1.807) is 12.1 Å². The summed E-state index contributed by atoms with van der Waals surface area (Å²) in [6.45, 7) is 1.22. The van der Waals surface area contributed by atoms with Crippen molar-refractivity contribution >= 4 is 29.0 Å². The lowest BCUT2D eigenvalue weighted by molar-refractivity contribution is -0.384. The molecule has 7 nitrogen and oxygen atoms in total. The van der Waals surface area contributed by atoms with Gasteiger partial charge in [-0.15, -0.1) is 0 Å². The van der Waals surface area contributed by atoms with Crippen LogP contribution >= 0.6 is 0 Å². The number of Topliss-reactive ketones (excluding diaryl/α,β-unsaturated/α-hetero) is 1. The van der Waals surface area contributed by atoms with E-state index in [-0.39, 0.29) is 28.1 Å². The molecule has 0 atom stereocenters. The highest BCUT2D eigenvalue weighted by Gasteiger charge is 2.38. The molecule has 0 saturated heterocycles. The van der Waals surface area contributed by atoms with Crippen LogP contribution < -0.4 is 4.90 Å². The van der Waals surface area contributed by atoms with Crippen LogP contribution in [0.1, 0.15) is 38.0 Å². The molecule has 0 fully saturated rings. The largest absolute Gasteiger partial charge is 0.294 e. The molecule has 0 saturated carbocycles. The highest BCUT2D eigenvalue weighted by molar-refractivity contribution is 6.35. The zero-order valence-corrected chi connectivity index (χ0v) is 12.0. The minimum absolute atomic E-state index is 0.0475. The molecule has 0 unspecified atom stereocenters. The quantitative estimate of drug-likeness (QED) is 0.375. The molecule has 1 aliphatic heterocycles. The lowest BCUT2D eigenvalue weighted by Gasteiger charge is -2.16. The fourth-order valence-corrected chi connectivity index (χ4v) is 2.52. The molecular weight excluding hydrogens is 300 g/mol. The van der Waals surface area contributed by atoms with Crippen molar-refractivity contribution in [2.75, 3.05) is 4.90 Å². The van der Waals surface area contributed by atoms with Crippen molar-refractivity contribution in [1.82, 2.24) is 0 Å². The number of ketones is 1. The molecule has 0 bridgehead atoms. The SMILES string of the molecule is CC(=O)c1cc([N+](=O)[O-])ccc1N1C(=O)c2ccccc2C1=O. The van der Waals surface area contributed by atoms with Gasteiger partial charge in [0.05, 0.1) is 21.7 Å². The number of carbonyl (C=O) groups is 3. The number of imide groups is 1. The average Bonchev–Trinajstić information content (AvgIpc) is 2.78. The Morgan fingerprint density at radius 1 is 1.04 bits per heavy atom. The normalized spacial score (nSPS) is 13.2. The first-order chi connectivity index (χ1) is 10.9. The van der Waals surface area contributed by atoms with Crippen LogP contribution in [0.3, 0.4) is 0 Å². The van der Waals surface area contributed by atoms with E-state index in [2.05, 4.69) is 0 Å². The van der Waals surface area contributed by atoms with Gasteiger partial charge in [0.2, 0.25) is 0 Å². The van der Waals surface area contributed by atoms with Crippen molar-refractivity contribution in [3.05, 3.63) is 69.3 Å². The number of nitro groups is 1. The fraction of sp³-hybridized carbons (Fsp3) is 0.0625. The molecule has 2 aromatic carbocycles. The van der Waals surface area contributed by atoms with Gasteiger partial charge >= 0.3 is 0 Å². The number of amides is 2. The lowest BCUT2D eigenvalue weighted by atomic mass is 10.1. The number of anilines is 1. The molecule has 0 spiro atoms. The second-order valence-corrected chi connectivity index (χ2v) is 5.01. The molecular formula is C16H10N2O5. The molecule has 7 heteroatoms. The number of non-ortho nitro benzene ring substituents is 1. The standard InChI is InChI=1S/C16H10N2O5/c1-9(19)13-8-10(18(22)23)6-7-14(13)17-15(20)11-4-2-3-5-12(11)16(17)21/h2-8H,1H3. The Labute approximate surface area is 130 Å². The number of nitrogens with zero attached hydrogens (tertiary/aromatic N) is 2. The van der Waals surface area contributed by atoms with Crippen LogP contribution in [0.5, 0.6) is 0 Å². The van der Waals surface area contributed by atoms with Gasteiger partial charge < -0.3 is 0 Å². The number of rotatable bonds is 3. The number of nitro benzene ring substituents is 1. The van der Waals surface area contributed by atoms with E-state index >= 15 is 0 Å². The van der Waals surface area contributed by atoms with Gasteiger partial charge in [0, 0.05) is 17.7 Å². The Morgan fingerprint density at radius 3 is 2.09 bits per heavy atom. The van der Waals surface area contributed by atoms with Crippen LogP contribution in [0.15, 0.2) is 42.5 Å². The third-order valence-electron chi connectivity index (χ3n) is 3.61. The number of benzene rings is 2. The molecule has 0 radical (unpaired) electrons. The molecule has 23 heavy (non-hydrogen) atoms. The van der Waals surface area contributed by atoms with E-state index in [9.17, 15) is 24.5 Å². The average molecular weight is 310 g/mol. The molecule has 2 amide bonds. The third kappa shape index (κ3) is 2.18. The molecule has 0 aromatic heterocycles. The Kier molecular flexibility index (Phi) is 3.25. The summed E-state index contributed by atoms with van der Waals surface area (Å²) in [5.41, 5.74) is 0.203. The number of fused-ring (bicyclic) bond motifs is 1. The highest BCUT2D eigenvalue weighted by Crippen LogP contribution is 2.32. The molecule has 1 heterocycles. The summed E-state index contributed by atoms with van der Waals surface area (Å²) in [5, 5.41) is 10.9. The van der Waals surface area contributed by atoms with Gasteiger partial charge in [-0.1, -0.05) is 12.1 Å². The van der Waals surface area contributed by atoms with Gasteiger partial charge in [-0.25, -0.2) is 4.90 Å². The lowest BCUT2D eigenvalue weighted by Crippen LogP contribution is -2.30. The van der Waals surface area contributed by atoms with Crippen LogP contribution in [0.2, 0.25) is 0 Å². The minimum Gasteiger partial charge on any atom is -0.294 e. The highest BCUT2D eigenvalue weighted by atomic mass is 16.6. The molecule has 3 rings (SSSR count). The number of carbonyl (C=O) groups excluding carboxylic acids is 3. The Morgan fingerprint density at radius 2 is 1.61 bits per heavy atom. The summed E-state index contributed by atoms with van der Waals surface area (Å²) in [7, 11) is 0. The van der Waals surface area contributed by atoms with Gasteiger partial charge in [0.1, 0.15) is 0 Å². The Hall–Kier alpha value is -3.35. The van der Waals surface area contributed by atoms with Crippen molar-refractivity contribution < 1.29 is 19.3 Å². The maximum Gasteiger partial charge on any atom is 0.270 e. The van der Waals surface area contributed by atoms with Crippen LogP contribution in [-0.4, -0.2) is 22.5 Å². The topological polar surface area (TPSA) is 97.6 Å². The summed E-state index contributed by atoms with van der Waals surface area (Å²) in [5.74, 6) is -1.58. The van der Waals surface area contributed by atoms with Gasteiger partial charge in [0.25, 0.3) is 17.5 Å². The number of hydrogen-bond acceptors (Lipinski definition) is 5. The predicted octanol–water partition coefficient (Wildman–Crippen LogP) is 2.60. The van der Waals surface area contributed by atoms with Crippen LogP contribution in [-0.2, 0) is 0 Å². The zero-order chi connectivity index (χ0) is 16.7. The van der Waals surface area contributed by atoms with E-state index in [0.717, 1.165) is 17.0 Å². The van der Waals surface area contributed by atoms with Crippen molar-refractivity contribution in [2.45, 2.75) is 6.92 Å². The first kappa shape index (κ1) is 14.6. The van der Waals surface area contributed by atoms with E-state index in [1.807, 2.05) is 0 Å². The molecule has 2 aromatic rings. The van der Waals surface area contributed by atoms with Gasteiger partial charge in [0.15, 0.2) is 5.78 Å². The van der Waals surface area contributed by atoms with Crippen molar-refractivity contribution in [2.24, 2.45) is 0 Å². The Balaban J connectivity index is 2.17. The first-order valence-electron chi connectivity index (χ1n) is 6.69. The van der Waals surface area contributed by atoms with Gasteiger partial charge in [-0.2, -0.15) is 0 Å². The van der Waals surface area contributed by atoms with Crippen molar-refractivity contribution in [3.63, 3.8) is 0 Å². The molecule has 0 N–H and O–H groups in total. The van der Waals surface area contributed by atoms with Gasteiger partial charge in [-0.05, 0) is 25.1 Å². The van der Waals surface area contributed by atoms with E-state index in [0.29, 0.717) is 0 Å². The fourth-order valence-electron chi connectivity index (χ4n) is 2.52. The summed E-state index contributed by atoms with van der Waals surface area (Å²) in [4.78, 5) is 47.8. The summed E-state index contributed by atoms with van der Waals surface area (Å²) in [6, 6.07) is 9.79. The molecule has 1 aliphatic rings. The van der Waals surface area contributed by atoms with Gasteiger partial charge in [-0.3, -0.25) is 24.5 Å². The maximum atomic E-state index is 12.5. The summed E-state index contributed by atoms with van der Waals surface area (Å²) < 4.78 is 0. The smallest absolute Gasteiger partial charge is 0.270 e. The summed E-state index contributed by atoms with van der Waals surface area (Å²) in [6.07, 6.45) is 0. The van der Waals surface area contributed by atoms with Crippen LogP contribution in [0.4, 0.5) is 11.4 Å². The zero-order valence-electron chi connectivity index (χ0n) is 12.0. The summed E-state index contributed by atoms with van der Waals surface area (Å²) >= 11 is 0.